The second kappa shape index (κ2) is 4.61. The molecule has 1 aliphatic heterocycles. The predicted octanol–water partition coefficient (Wildman–Crippen LogP) is -0.278. The van der Waals surface area contributed by atoms with Gasteiger partial charge >= 0.3 is 0 Å². The molecule has 1 saturated heterocycles. The van der Waals surface area contributed by atoms with E-state index in [1.54, 1.807) is 0 Å². The molecule has 0 aromatic carbocycles. The molecule has 1 aliphatic carbocycles. The van der Waals surface area contributed by atoms with Crippen LogP contribution in [0.1, 0.15) is 19.8 Å². The maximum Gasteiger partial charge on any atom is 0.0923 e. The van der Waals surface area contributed by atoms with Crippen molar-refractivity contribution in [3.8, 4) is 0 Å². The molecule has 4 heteroatoms. The van der Waals surface area contributed by atoms with E-state index in [0.29, 0.717) is 18.5 Å². The Morgan fingerprint density at radius 2 is 2.06 bits per heavy atom. The van der Waals surface area contributed by atoms with Gasteiger partial charge in [0.1, 0.15) is 0 Å². The Balaban J connectivity index is 1.92. The van der Waals surface area contributed by atoms with Gasteiger partial charge in [0, 0.05) is 38.8 Å². The highest BCUT2D eigenvalue weighted by Crippen LogP contribution is 2.39. The van der Waals surface area contributed by atoms with Crippen molar-refractivity contribution in [2.45, 2.75) is 31.4 Å². The molecule has 0 bridgehead atoms. The monoisotopic (exact) mass is 227 g/mol. The van der Waals surface area contributed by atoms with Gasteiger partial charge in [0.15, 0.2) is 0 Å². The highest BCUT2D eigenvalue weighted by molar-refractivity contribution is 4.98. The molecular formula is C12H25N3O. The Bertz CT molecular complexity index is 244. The lowest BCUT2D eigenvalue weighted by atomic mass is 9.96. The number of rotatable bonds is 4. The molecule has 0 amide bonds. The lowest BCUT2D eigenvalue weighted by Crippen LogP contribution is -2.58. The Hall–Kier alpha value is -0.160. The minimum Gasteiger partial charge on any atom is -0.387 e. The van der Waals surface area contributed by atoms with Gasteiger partial charge in [-0.05, 0) is 32.7 Å². The van der Waals surface area contributed by atoms with Gasteiger partial charge < -0.3 is 15.7 Å². The van der Waals surface area contributed by atoms with Gasteiger partial charge in [-0.3, -0.25) is 4.90 Å². The molecule has 2 unspecified atom stereocenters. The number of piperazine rings is 1. The van der Waals surface area contributed by atoms with Crippen LogP contribution in [-0.2, 0) is 0 Å². The van der Waals surface area contributed by atoms with Gasteiger partial charge in [-0.25, -0.2) is 0 Å². The summed E-state index contributed by atoms with van der Waals surface area (Å²) in [5.74, 6) is 0.448. The van der Waals surface area contributed by atoms with Crippen molar-refractivity contribution in [2.75, 3.05) is 39.8 Å². The van der Waals surface area contributed by atoms with Crippen molar-refractivity contribution in [3.63, 3.8) is 0 Å². The van der Waals surface area contributed by atoms with Crippen LogP contribution in [-0.4, -0.2) is 66.3 Å². The Morgan fingerprint density at radius 1 is 1.38 bits per heavy atom. The number of likely N-dealkylation sites (N-methyl/N-ethyl adjacent to an activating group) is 1. The molecule has 1 heterocycles. The molecule has 2 rings (SSSR count). The summed E-state index contributed by atoms with van der Waals surface area (Å²) in [5, 5.41) is 10.5. The van der Waals surface area contributed by atoms with Gasteiger partial charge in [0.2, 0.25) is 0 Å². The van der Waals surface area contributed by atoms with E-state index >= 15 is 0 Å². The molecule has 16 heavy (non-hydrogen) atoms. The summed E-state index contributed by atoms with van der Waals surface area (Å²) in [6.07, 6.45) is 2.30. The number of hydrogen-bond acceptors (Lipinski definition) is 4. The van der Waals surface area contributed by atoms with E-state index in [-0.39, 0.29) is 0 Å². The second-order valence-corrected chi connectivity index (χ2v) is 5.66. The number of nitrogens with zero attached hydrogens (tertiary/aromatic N) is 2. The van der Waals surface area contributed by atoms with Gasteiger partial charge in [-0.2, -0.15) is 0 Å². The third-order valence-electron chi connectivity index (χ3n) is 4.14. The normalized spacial score (nSPS) is 32.6. The summed E-state index contributed by atoms with van der Waals surface area (Å²) in [5.41, 5.74) is 5.12. The Morgan fingerprint density at radius 3 is 2.56 bits per heavy atom. The summed E-state index contributed by atoms with van der Waals surface area (Å²) >= 11 is 0. The zero-order valence-electron chi connectivity index (χ0n) is 10.5. The fourth-order valence-electron chi connectivity index (χ4n) is 2.74. The second-order valence-electron chi connectivity index (χ2n) is 5.66. The Kier molecular flexibility index (Phi) is 3.54. The minimum absolute atomic E-state index is 0.400. The first-order chi connectivity index (χ1) is 7.55. The van der Waals surface area contributed by atoms with E-state index in [0.717, 1.165) is 39.0 Å². The van der Waals surface area contributed by atoms with Crippen molar-refractivity contribution >= 4 is 0 Å². The van der Waals surface area contributed by atoms with Gasteiger partial charge in [-0.15, -0.1) is 0 Å². The number of hydrogen-bond donors (Lipinski definition) is 2. The van der Waals surface area contributed by atoms with Crippen LogP contribution in [0, 0.1) is 5.92 Å². The molecule has 0 aromatic heterocycles. The summed E-state index contributed by atoms with van der Waals surface area (Å²) in [6.45, 7) is 6.62. The van der Waals surface area contributed by atoms with E-state index in [1.807, 2.05) is 0 Å². The molecule has 4 nitrogen and oxygen atoms in total. The van der Waals surface area contributed by atoms with Crippen LogP contribution >= 0.6 is 0 Å². The third-order valence-corrected chi connectivity index (χ3v) is 4.14. The molecule has 0 aromatic rings. The first-order valence-corrected chi connectivity index (χ1v) is 6.40. The van der Waals surface area contributed by atoms with Crippen LogP contribution in [0.25, 0.3) is 0 Å². The molecule has 2 atom stereocenters. The molecule has 2 aliphatic rings. The molecule has 1 saturated carbocycles. The van der Waals surface area contributed by atoms with E-state index in [4.69, 9.17) is 5.73 Å². The van der Waals surface area contributed by atoms with Crippen LogP contribution in [0.4, 0.5) is 0 Å². The van der Waals surface area contributed by atoms with E-state index in [9.17, 15) is 5.11 Å². The largest absolute Gasteiger partial charge is 0.387 e. The molecule has 0 spiro atoms. The van der Waals surface area contributed by atoms with Crippen LogP contribution in [0.2, 0.25) is 0 Å². The SMILES string of the molecule is CC1CN(C)CCN1CC(O)(CN)C1CC1. The molecule has 94 valence electrons. The number of nitrogens with two attached hydrogens (primary N) is 1. The van der Waals surface area contributed by atoms with Crippen molar-refractivity contribution < 1.29 is 5.11 Å². The lowest BCUT2D eigenvalue weighted by molar-refractivity contribution is -0.0323. The minimum atomic E-state index is -0.635. The van der Waals surface area contributed by atoms with Gasteiger partial charge in [0.25, 0.3) is 0 Å². The first-order valence-electron chi connectivity index (χ1n) is 6.40. The first kappa shape index (κ1) is 12.3. The zero-order valence-corrected chi connectivity index (χ0v) is 10.5. The zero-order chi connectivity index (χ0) is 11.8. The summed E-state index contributed by atoms with van der Waals surface area (Å²) < 4.78 is 0. The fourth-order valence-corrected chi connectivity index (χ4v) is 2.74. The van der Waals surface area contributed by atoms with Gasteiger partial charge in [-0.1, -0.05) is 0 Å². The van der Waals surface area contributed by atoms with Crippen LogP contribution < -0.4 is 5.73 Å². The maximum absolute atomic E-state index is 10.5. The summed E-state index contributed by atoms with van der Waals surface area (Å²) in [7, 11) is 2.16. The summed E-state index contributed by atoms with van der Waals surface area (Å²) in [6, 6.07) is 0.524. The number of β-amino-alcohol motifs (C(OH)–C–C–N with tert-alkyl or cyclic N) is 1. The smallest absolute Gasteiger partial charge is 0.0923 e. The highest BCUT2D eigenvalue weighted by Gasteiger charge is 2.44. The molecular weight excluding hydrogens is 202 g/mol. The average molecular weight is 227 g/mol. The quantitative estimate of drug-likeness (QED) is 0.694. The average Bonchev–Trinajstić information content (AvgIpc) is 3.06. The van der Waals surface area contributed by atoms with Crippen LogP contribution in [0.3, 0.4) is 0 Å². The lowest BCUT2D eigenvalue weighted by Gasteiger charge is -2.42. The predicted molar refractivity (Wildman–Crippen MR) is 65.3 cm³/mol. The van der Waals surface area contributed by atoms with Crippen molar-refractivity contribution in [3.05, 3.63) is 0 Å². The van der Waals surface area contributed by atoms with E-state index < -0.39 is 5.60 Å². The highest BCUT2D eigenvalue weighted by atomic mass is 16.3. The Labute approximate surface area is 98.4 Å². The summed E-state index contributed by atoms with van der Waals surface area (Å²) in [4.78, 5) is 4.74. The van der Waals surface area contributed by atoms with Crippen LogP contribution in [0.15, 0.2) is 0 Å². The maximum atomic E-state index is 10.5. The van der Waals surface area contributed by atoms with E-state index in [2.05, 4.69) is 23.8 Å². The molecule has 0 radical (unpaired) electrons. The number of aliphatic hydroxyl groups is 1. The fraction of sp³-hybridized carbons (Fsp3) is 1.00. The van der Waals surface area contributed by atoms with E-state index in [1.165, 1.54) is 0 Å². The molecule has 3 N–H and O–H groups in total. The standard InChI is InChI=1S/C12H25N3O/c1-10-7-14(2)5-6-15(10)9-12(16,8-13)11-3-4-11/h10-11,16H,3-9,13H2,1-2H3. The third kappa shape index (κ3) is 2.56. The topological polar surface area (TPSA) is 52.7 Å². The van der Waals surface area contributed by atoms with Crippen molar-refractivity contribution in [1.29, 1.82) is 0 Å². The molecule has 2 fully saturated rings. The van der Waals surface area contributed by atoms with Gasteiger partial charge in [0.05, 0.1) is 5.60 Å². The van der Waals surface area contributed by atoms with Crippen molar-refractivity contribution in [2.24, 2.45) is 11.7 Å². The van der Waals surface area contributed by atoms with Crippen LogP contribution in [0.5, 0.6) is 0 Å². The van der Waals surface area contributed by atoms with Crippen molar-refractivity contribution in [1.82, 2.24) is 9.80 Å².